The third kappa shape index (κ3) is 3.43. The largest absolute Gasteiger partial charge is 0.496 e. The number of hydrogen-bond donors (Lipinski definition) is 1. The maximum absolute atomic E-state index is 12.7. The van der Waals surface area contributed by atoms with E-state index in [1.54, 1.807) is 19.4 Å². The number of anilines is 1. The number of hydrogen-bond acceptors (Lipinski definition) is 5. The van der Waals surface area contributed by atoms with Gasteiger partial charge in [0.2, 0.25) is 0 Å². The average molecular weight is 343 g/mol. The lowest BCUT2D eigenvalue weighted by atomic mass is 9.97. The second kappa shape index (κ2) is 7.49. The quantitative estimate of drug-likeness (QED) is 0.817. The number of amides is 1. The molecular formula is C18H21N3O2S. The van der Waals surface area contributed by atoms with Gasteiger partial charge in [-0.1, -0.05) is 35.6 Å². The fourth-order valence-corrected chi connectivity index (χ4v) is 3.76. The smallest absolute Gasteiger partial charge is 0.265 e. The van der Waals surface area contributed by atoms with Crippen LogP contribution < -0.4 is 10.1 Å². The van der Waals surface area contributed by atoms with Gasteiger partial charge in [0.05, 0.1) is 13.3 Å². The van der Waals surface area contributed by atoms with Crippen LogP contribution >= 0.6 is 11.3 Å². The maximum atomic E-state index is 12.7. The predicted octanol–water partition coefficient (Wildman–Crippen LogP) is 3.38. The van der Waals surface area contributed by atoms with Crippen LogP contribution in [0.4, 0.5) is 5.13 Å². The normalized spacial score (nSPS) is 16.9. The summed E-state index contributed by atoms with van der Waals surface area (Å²) in [6.07, 6.45) is 4.36. The highest BCUT2D eigenvalue weighted by Gasteiger charge is 2.30. The lowest BCUT2D eigenvalue weighted by Gasteiger charge is -2.17. The summed E-state index contributed by atoms with van der Waals surface area (Å²) in [7, 11) is 1.69. The van der Waals surface area contributed by atoms with Gasteiger partial charge in [-0.3, -0.25) is 4.79 Å². The van der Waals surface area contributed by atoms with Gasteiger partial charge < -0.3 is 15.0 Å². The minimum atomic E-state index is 0.0524. The van der Waals surface area contributed by atoms with Crippen LogP contribution in [0.1, 0.15) is 27.6 Å². The lowest BCUT2D eigenvalue weighted by Crippen LogP contribution is -2.27. The molecule has 3 rings (SSSR count). The van der Waals surface area contributed by atoms with Crippen LogP contribution in [0.2, 0.25) is 0 Å². The van der Waals surface area contributed by atoms with Gasteiger partial charge in [0.1, 0.15) is 10.6 Å². The van der Waals surface area contributed by atoms with Crippen LogP contribution in [0.25, 0.3) is 0 Å². The van der Waals surface area contributed by atoms with E-state index < -0.39 is 0 Å². The summed E-state index contributed by atoms with van der Waals surface area (Å²) in [6.45, 7) is 5.77. The number of para-hydroxylation sites is 1. The predicted molar refractivity (Wildman–Crippen MR) is 97.1 cm³/mol. The minimum Gasteiger partial charge on any atom is -0.496 e. The summed E-state index contributed by atoms with van der Waals surface area (Å²) < 4.78 is 5.45. The van der Waals surface area contributed by atoms with Crippen molar-refractivity contribution in [3.8, 4) is 5.75 Å². The van der Waals surface area contributed by atoms with Gasteiger partial charge in [-0.2, -0.15) is 0 Å². The Morgan fingerprint density at radius 2 is 2.38 bits per heavy atom. The first kappa shape index (κ1) is 16.5. The summed E-state index contributed by atoms with van der Waals surface area (Å²) >= 11 is 1.39. The maximum Gasteiger partial charge on any atom is 0.265 e. The van der Waals surface area contributed by atoms with E-state index in [9.17, 15) is 4.79 Å². The Labute approximate surface area is 146 Å². The third-order valence-corrected chi connectivity index (χ3v) is 5.11. The molecule has 1 atom stereocenters. The van der Waals surface area contributed by atoms with E-state index >= 15 is 0 Å². The molecule has 24 heavy (non-hydrogen) atoms. The average Bonchev–Trinajstić information content (AvgIpc) is 3.29. The van der Waals surface area contributed by atoms with E-state index in [4.69, 9.17) is 4.74 Å². The molecule has 1 amide bonds. The van der Waals surface area contributed by atoms with Crippen molar-refractivity contribution in [3.05, 3.63) is 53.6 Å². The van der Waals surface area contributed by atoms with Crippen molar-refractivity contribution in [3.63, 3.8) is 0 Å². The fourth-order valence-electron chi connectivity index (χ4n) is 2.97. The number of aromatic nitrogens is 1. The number of ether oxygens (including phenoxy) is 1. The molecule has 1 saturated heterocycles. The van der Waals surface area contributed by atoms with Crippen molar-refractivity contribution < 1.29 is 9.53 Å². The second-order valence-corrected chi connectivity index (χ2v) is 6.71. The molecule has 1 aliphatic heterocycles. The lowest BCUT2D eigenvalue weighted by molar-refractivity contribution is 0.0795. The molecule has 2 aromatic rings. The van der Waals surface area contributed by atoms with Crippen molar-refractivity contribution in [2.75, 3.05) is 32.1 Å². The number of thiazole rings is 1. The molecule has 1 N–H and O–H groups in total. The van der Waals surface area contributed by atoms with E-state index in [-0.39, 0.29) is 5.91 Å². The van der Waals surface area contributed by atoms with Gasteiger partial charge >= 0.3 is 0 Å². The van der Waals surface area contributed by atoms with Crippen LogP contribution in [-0.2, 0) is 0 Å². The Hall–Kier alpha value is -2.34. The van der Waals surface area contributed by atoms with Crippen molar-refractivity contribution in [2.45, 2.75) is 12.3 Å². The number of methoxy groups -OCH3 is 1. The van der Waals surface area contributed by atoms with Gasteiger partial charge in [0, 0.05) is 25.6 Å². The van der Waals surface area contributed by atoms with Gasteiger partial charge in [-0.25, -0.2) is 4.98 Å². The molecular weight excluding hydrogens is 322 g/mol. The van der Waals surface area contributed by atoms with Crippen LogP contribution in [-0.4, -0.2) is 42.5 Å². The molecule has 1 aliphatic rings. The van der Waals surface area contributed by atoms with E-state index in [1.807, 2.05) is 23.1 Å². The Morgan fingerprint density at radius 3 is 3.17 bits per heavy atom. The molecule has 6 heteroatoms. The molecule has 126 valence electrons. The van der Waals surface area contributed by atoms with Crippen molar-refractivity contribution in [1.29, 1.82) is 0 Å². The summed E-state index contributed by atoms with van der Waals surface area (Å²) in [5.41, 5.74) is 1.17. The number of likely N-dealkylation sites (tertiary alicyclic amines) is 1. The molecule has 0 bridgehead atoms. The first-order chi connectivity index (χ1) is 11.7. The highest BCUT2D eigenvalue weighted by molar-refractivity contribution is 7.17. The zero-order chi connectivity index (χ0) is 16.9. The van der Waals surface area contributed by atoms with Gasteiger partial charge in [0.25, 0.3) is 5.91 Å². The number of carbonyl (C=O) groups excluding carboxylic acids is 1. The van der Waals surface area contributed by atoms with E-state index in [1.165, 1.54) is 16.9 Å². The fraction of sp³-hybridized carbons (Fsp3) is 0.333. The van der Waals surface area contributed by atoms with Crippen molar-refractivity contribution >= 4 is 22.4 Å². The molecule has 0 unspecified atom stereocenters. The summed E-state index contributed by atoms with van der Waals surface area (Å²) in [5.74, 6) is 1.26. The topological polar surface area (TPSA) is 54.5 Å². The van der Waals surface area contributed by atoms with E-state index in [2.05, 4.69) is 22.9 Å². The molecule has 0 saturated carbocycles. The Balaban J connectivity index is 1.67. The summed E-state index contributed by atoms with van der Waals surface area (Å²) in [5, 5.41) is 3.86. The monoisotopic (exact) mass is 343 g/mol. The number of nitrogens with zero attached hydrogens (tertiary/aromatic N) is 2. The standard InChI is InChI=1S/C18H21N3O2S/c1-3-9-19-18-20-11-16(24-18)17(22)21-10-8-13(12-21)14-6-4-5-7-15(14)23-2/h3-7,11,13H,1,8-10,12H2,2H3,(H,19,20)/t13-/m0/s1. The minimum absolute atomic E-state index is 0.0524. The number of rotatable bonds is 6. The molecule has 5 nitrogen and oxygen atoms in total. The van der Waals surface area contributed by atoms with Crippen LogP contribution in [0, 0.1) is 0 Å². The van der Waals surface area contributed by atoms with Gasteiger partial charge in [-0.15, -0.1) is 6.58 Å². The number of carbonyl (C=O) groups is 1. The molecule has 1 aromatic heterocycles. The highest BCUT2D eigenvalue weighted by atomic mass is 32.1. The molecule has 2 heterocycles. The third-order valence-electron chi connectivity index (χ3n) is 4.17. The second-order valence-electron chi connectivity index (χ2n) is 5.68. The Kier molecular flexibility index (Phi) is 5.15. The molecule has 0 spiro atoms. The van der Waals surface area contributed by atoms with Crippen molar-refractivity contribution in [2.24, 2.45) is 0 Å². The van der Waals surface area contributed by atoms with E-state index in [0.29, 0.717) is 23.9 Å². The highest BCUT2D eigenvalue weighted by Crippen LogP contribution is 2.34. The van der Waals surface area contributed by atoms with Crippen LogP contribution in [0.3, 0.4) is 0 Å². The zero-order valence-corrected chi connectivity index (χ0v) is 14.5. The molecule has 1 aromatic carbocycles. The van der Waals surface area contributed by atoms with Crippen molar-refractivity contribution in [1.82, 2.24) is 9.88 Å². The van der Waals surface area contributed by atoms with Crippen LogP contribution in [0.15, 0.2) is 43.1 Å². The summed E-state index contributed by atoms with van der Waals surface area (Å²) in [6, 6.07) is 8.04. The zero-order valence-electron chi connectivity index (χ0n) is 13.7. The first-order valence-corrected chi connectivity index (χ1v) is 8.77. The first-order valence-electron chi connectivity index (χ1n) is 7.95. The van der Waals surface area contributed by atoms with E-state index in [0.717, 1.165) is 23.8 Å². The number of benzene rings is 1. The molecule has 0 aliphatic carbocycles. The SMILES string of the molecule is C=CCNc1ncc(C(=O)N2CC[C@H](c3ccccc3OC)C2)s1. The Bertz CT molecular complexity index is 729. The molecule has 1 fully saturated rings. The summed E-state index contributed by atoms with van der Waals surface area (Å²) in [4.78, 5) is 19.5. The van der Waals surface area contributed by atoms with Crippen LogP contribution in [0.5, 0.6) is 5.75 Å². The molecule has 0 radical (unpaired) electrons. The Morgan fingerprint density at radius 1 is 1.54 bits per heavy atom. The van der Waals surface area contributed by atoms with Gasteiger partial charge in [-0.05, 0) is 18.1 Å². The van der Waals surface area contributed by atoms with Gasteiger partial charge in [0.15, 0.2) is 5.13 Å². The number of nitrogens with one attached hydrogen (secondary N) is 1.